The summed E-state index contributed by atoms with van der Waals surface area (Å²) in [6.45, 7) is 11.8. The van der Waals surface area contributed by atoms with Gasteiger partial charge in [0.2, 0.25) is 0 Å². The molecule has 112 valence electrons. The monoisotopic (exact) mass is 277 g/mol. The molecular weight excluding hydrogens is 250 g/mol. The van der Waals surface area contributed by atoms with E-state index in [1.165, 1.54) is 6.54 Å². The second-order valence-corrected chi connectivity index (χ2v) is 6.21. The summed E-state index contributed by atoms with van der Waals surface area (Å²) in [4.78, 5) is 4.85. The summed E-state index contributed by atoms with van der Waals surface area (Å²) in [6.07, 6.45) is 0. The molecule has 1 aliphatic heterocycles. The lowest BCUT2D eigenvalue weighted by Crippen LogP contribution is -2.47. The minimum absolute atomic E-state index is 0.132. The normalized spacial score (nSPS) is 18.6. The van der Waals surface area contributed by atoms with Crippen LogP contribution in [0.25, 0.3) is 0 Å². The highest BCUT2D eigenvalue weighted by molar-refractivity contribution is 5.54. The molecule has 0 spiro atoms. The number of nitrogens with two attached hydrogens (primary N) is 1. The van der Waals surface area contributed by atoms with Gasteiger partial charge >= 0.3 is 0 Å². The van der Waals surface area contributed by atoms with E-state index in [0.717, 1.165) is 43.3 Å². The Bertz CT molecular complexity index is 437. The summed E-state index contributed by atoms with van der Waals surface area (Å²) in [5.41, 5.74) is 7.73. The van der Waals surface area contributed by atoms with Crippen LogP contribution < -0.4 is 10.6 Å². The van der Waals surface area contributed by atoms with E-state index in [1.807, 2.05) is 19.1 Å². The number of hydrogen-bond donors (Lipinski definition) is 2. The van der Waals surface area contributed by atoms with Gasteiger partial charge in [-0.05, 0) is 18.9 Å². The van der Waals surface area contributed by atoms with E-state index in [1.54, 1.807) is 0 Å². The van der Waals surface area contributed by atoms with Crippen molar-refractivity contribution in [3.63, 3.8) is 0 Å². The second kappa shape index (κ2) is 6.46. The van der Waals surface area contributed by atoms with Gasteiger partial charge in [-0.2, -0.15) is 0 Å². The van der Waals surface area contributed by atoms with Crippen LogP contribution in [0.4, 0.5) is 5.69 Å². The highest BCUT2D eigenvalue weighted by Crippen LogP contribution is 2.28. The van der Waals surface area contributed by atoms with E-state index < -0.39 is 0 Å². The minimum atomic E-state index is -0.132. The zero-order chi connectivity index (χ0) is 14.7. The fraction of sp³-hybridized carbons (Fsp3) is 0.625. The topological polar surface area (TPSA) is 52.7 Å². The third kappa shape index (κ3) is 3.64. The highest BCUT2D eigenvalue weighted by Gasteiger charge is 2.18. The molecule has 3 N–H and O–H groups in total. The molecule has 0 aliphatic carbocycles. The van der Waals surface area contributed by atoms with Crippen molar-refractivity contribution >= 4 is 5.69 Å². The first-order chi connectivity index (χ1) is 9.47. The van der Waals surface area contributed by atoms with Gasteiger partial charge in [-0.15, -0.1) is 0 Å². The van der Waals surface area contributed by atoms with Gasteiger partial charge in [0.15, 0.2) is 0 Å². The van der Waals surface area contributed by atoms with E-state index in [9.17, 15) is 5.11 Å². The maximum Gasteiger partial charge on any atom is 0.122 e. The molecular formula is C16H27N3O. The zero-order valence-electron chi connectivity index (χ0n) is 12.8. The Balaban J connectivity index is 1.98. The van der Waals surface area contributed by atoms with Gasteiger partial charge in [0.05, 0.1) is 0 Å². The summed E-state index contributed by atoms with van der Waals surface area (Å²) in [6, 6.07) is 5.72. The van der Waals surface area contributed by atoms with Crippen molar-refractivity contribution in [1.29, 1.82) is 0 Å². The predicted molar refractivity (Wildman–Crippen MR) is 84.2 cm³/mol. The molecule has 1 saturated heterocycles. The average Bonchev–Trinajstić information content (AvgIpc) is 2.38. The first-order valence-electron chi connectivity index (χ1n) is 7.53. The van der Waals surface area contributed by atoms with Crippen LogP contribution in [0.15, 0.2) is 18.2 Å². The second-order valence-electron chi connectivity index (χ2n) is 6.21. The maximum absolute atomic E-state index is 10.0. The van der Waals surface area contributed by atoms with Gasteiger partial charge < -0.3 is 15.7 Å². The Labute approximate surface area is 122 Å². The van der Waals surface area contributed by atoms with Gasteiger partial charge in [-0.25, -0.2) is 0 Å². The van der Waals surface area contributed by atoms with E-state index in [0.29, 0.717) is 5.75 Å². The van der Waals surface area contributed by atoms with Crippen LogP contribution in [-0.2, 0) is 0 Å². The molecule has 0 saturated carbocycles. The molecule has 20 heavy (non-hydrogen) atoms. The number of anilines is 1. The minimum Gasteiger partial charge on any atom is -0.508 e. The molecule has 4 nitrogen and oxygen atoms in total. The Kier molecular flexibility index (Phi) is 4.89. The number of aromatic hydroxyl groups is 1. The summed E-state index contributed by atoms with van der Waals surface area (Å²) in [5, 5.41) is 10.0. The molecule has 1 unspecified atom stereocenters. The Morgan fingerprint density at radius 1 is 1.15 bits per heavy atom. The lowest BCUT2D eigenvalue weighted by atomic mass is 10.1. The third-order valence-electron chi connectivity index (χ3n) is 3.87. The molecule has 0 bridgehead atoms. The summed E-state index contributed by atoms with van der Waals surface area (Å²) >= 11 is 0. The van der Waals surface area contributed by atoms with E-state index in [4.69, 9.17) is 5.73 Å². The van der Waals surface area contributed by atoms with Crippen LogP contribution in [0.3, 0.4) is 0 Å². The fourth-order valence-corrected chi connectivity index (χ4v) is 2.82. The average molecular weight is 277 g/mol. The molecule has 4 heteroatoms. The van der Waals surface area contributed by atoms with Crippen LogP contribution in [0.5, 0.6) is 5.75 Å². The number of phenols is 1. The SMILES string of the molecule is CC(C)CN1CCN(c2ccc(C(C)N)c(O)c2)CC1. The number of phenolic OH excluding ortho intramolecular Hbond substituents is 1. The fourth-order valence-electron chi connectivity index (χ4n) is 2.82. The van der Waals surface area contributed by atoms with Gasteiger partial charge in [0, 0.05) is 56.1 Å². The molecule has 0 aromatic heterocycles. The molecule has 1 fully saturated rings. The van der Waals surface area contributed by atoms with Crippen molar-refractivity contribution in [2.75, 3.05) is 37.6 Å². The lowest BCUT2D eigenvalue weighted by Gasteiger charge is -2.37. The van der Waals surface area contributed by atoms with Crippen LogP contribution in [0.2, 0.25) is 0 Å². The number of piperazine rings is 1. The predicted octanol–water partition coefficient (Wildman–Crippen LogP) is 2.19. The van der Waals surface area contributed by atoms with Crippen molar-refractivity contribution in [2.45, 2.75) is 26.8 Å². The molecule has 0 amide bonds. The highest BCUT2D eigenvalue weighted by atomic mass is 16.3. The largest absolute Gasteiger partial charge is 0.508 e. The van der Waals surface area contributed by atoms with Crippen LogP contribution in [0, 0.1) is 5.92 Å². The number of benzene rings is 1. The molecule has 1 aromatic rings. The smallest absolute Gasteiger partial charge is 0.122 e. The van der Waals surface area contributed by atoms with Gasteiger partial charge in [-0.1, -0.05) is 19.9 Å². The van der Waals surface area contributed by atoms with Crippen LogP contribution >= 0.6 is 0 Å². The van der Waals surface area contributed by atoms with Crippen LogP contribution in [-0.4, -0.2) is 42.7 Å². The maximum atomic E-state index is 10.0. The van der Waals surface area contributed by atoms with Crippen molar-refractivity contribution < 1.29 is 5.11 Å². The summed E-state index contributed by atoms with van der Waals surface area (Å²) in [5.74, 6) is 1.03. The van der Waals surface area contributed by atoms with E-state index in [-0.39, 0.29) is 6.04 Å². The Morgan fingerprint density at radius 3 is 2.30 bits per heavy atom. The number of nitrogens with zero attached hydrogens (tertiary/aromatic N) is 2. The molecule has 1 aromatic carbocycles. The third-order valence-corrected chi connectivity index (χ3v) is 3.87. The zero-order valence-corrected chi connectivity index (χ0v) is 12.8. The quantitative estimate of drug-likeness (QED) is 0.886. The van der Waals surface area contributed by atoms with Crippen molar-refractivity contribution in [1.82, 2.24) is 4.90 Å². The first kappa shape index (κ1) is 15.1. The molecule has 2 rings (SSSR count). The number of hydrogen-bond acceptors (Lipinski definition) is 4. The van der Waals surface area contributed by atoms with Crippen LogP contribution in [0.1, 0.15) is 32.4 Å². The van der Waals surface area contributed by atoms with Gasteiger partial charge in [-0.3, -0.25) is 4.90 Å². The van der Waals surface area contributed by atoms with Crippen molar-refractivity contribution in [3.8, 4) is 5.75 Å². The lowest BCUT2D eigenvalue weighted by molar-refractivity contribution is 0.231. The summed E-state index contributed by atoms with van der Waals surface area (Å²) in [7, 11) is 0. The Morgan fingerprint density at radius 2 is 1.80 bits per heavy atom. The van der Waals surface area contributed by atoms with E-state index >= 15 is 0 Å². The molecule has 1 atom stereocenters. The summed E-state index contributed by atoms with van der Waals surface area (Å²) < 4.78 is 0. The van der Waals surface area contributed by atoms with E-state index in [2.05, 4.69) is 29.7 Å². The van der Waals surface area contributed by atoms with Crippen molar-refractivity contribution in [3.05, 3.63) is 23.8 Å². The van der Waals surface area contributed by atoms with Gasteiger partial charge in [0.1, 0.15) is 5.75 Å². The van der Waals surface area contributed by atoms with Crippen molar-refractivity contribution in [2.24, 2.45) is 11.7 Å². The molecule has 1 heterocycles. The Hall–Kier alpha value is -1.26. The molecule has 0 radical (unpaired) electrons. The standard InChI is InChI=1S/C16H27N3O/c1-12(2)11-18-6-8-19(9-7-18)14-4-5-15(13(3)17)16(20)10-14/h4-5,10,12-13,20H,6-9,11,17H2,1-3H3. The number of rotatable bonds is 4. The van der Waals surface area contributed by atoms with Gasteiger partial charge in [0.25, 0.3) is 0 Å². The first-order valence-corrected chi connectivity index (χ1v) is 7.53. The molecule has 1 aliphatic rings.